The molecule has 3 aromatic rings. The van der Waals surface area contributed by atoms with Crippen molar-refractivity contribution in [1.29, 1.82) is 0 Å². The van der Waals surface area contributed by atoms with Crippen LogP contribution in [-0.2, 0) is 16.0 Å². The van der Waals surface area contributed by atoms with Crippen LogP contribution in [0.2, 0.25) is 0 Å². The molecule has 7 nitrogen and oxygen atoms in total. The van der Waals surface area contributed by atoms with Crippen molar-refractivity contribution >= 4 is 45.3 Å². The smallest absolute Gasteiger partial charge is 0.230 e. The number of nitrogens with one attached hydrogen (secondary N) is 1. The molecule has 0 spiro atoms. The molecule has 8 heteroatoms. The maximum atomic E-state index is 12.3. The largest absolute Gasteiger partial charge is 0.326 e. The van der Waals surface area contributed by atoms with E-state index in [1.807, 2.05) is 35.7 Å². The third kappa shape index (κ3) is 4.91. The van der Waals surface area contributed by atoms with Gasteiger partial charge in [-0.05, 0) is 42.8 Å². The van der Waals surface area contributed by atoms with E-state index in [0.717, 1.165) is 12.1 Å². The summed E-state index contributed by atoms with van der Waals surface area (Å²) in [5.41, 5.74) is 2.82. The van der Waals surface area contributed by atoms with Crippen molar-refractivity contribution < 1.29 is 9.59 Å². The number of thiazole rings is 1. The highest BCUT2D eigenvalue weighted by atomic mass is 32.1. The van der Waals surface area contributed by atoms with Crippen LogP contribution in [0.1, 0.15) is 18.5 Å². The molecular weight excluding hydrogens is 386 g/mol. The van der Waals surface area contributed by atoms with Gasteiger partial charge in [0.2, 0.25) is 11.8 Å². The summed E-state index contributed by atoms with van der Waals surface area (Å²) in [6, 6.07) is 16.6. The Kier molecular flexibility index (Phi) is 5.71. The van der Waals surface area contributed by atoms with Crippen molar-refractivity contribution in [2.45, 2.75) is 19.3 Å². The third-order valence-corrected chi connectivity index (χ3v) is 5.29. The second-order valence-corrected chi connectivity index (χ2v) is 7.41. The molecule has 0 radical (unpaired) electrons. The van der Waals surface area contributed by atoms with Gasteiger partial charge in [0, 0.05) is 24.0 Å². The van der Waals surface area contributed by atoms with E-state index in [-0.39, 0.29) is 18.2 Å². The number of amides is 2. The maximum absolute atomic E-state index is 12.3. The van der Waals surface area contributed by atoms with Crippen LogP contribution in [0.5, 0.6) is 0 Å². The third-order valence-electron chi connectivity index (χ3n) is 4.37. The highest BCUT2D eigenvalue weighted by molar-refractivity contribution is 7.14. The molecule has 1 N–H and O–H groups in total. The van der Waals surface area contributed by atoms with Crippen LogP contribution in [0.15, 0.2) is 70.2 Å². The van der Waals surface area contributed by atoms with Crippen LogP contribution in [0.25, 0.3) is 0 Å². The van der Waals surface area contributed by atoms with E-state index in [2.05, 4.69) is 20.5 Å². The predicted octanol–water partition coefficient (Wildman–Crippen LogP) is 4.87. The van der Waals surface area contributed by atoms with Crippen molar-refractivity contribution in [3.63, 3.8) is 0 Å². The lowest BCUT2D eigenvalue weighted by Gasteiger charge is -2.10. The number of benzene rings is 2. The van der Waals surface area contributed by atoms with Gasteiger partial charge in [-0.1, -0.05) is 18.2 Å². The highest BCUT2D eigenvalue weighted by Gasteiger charge is 2.24. The van der Waals surface area contributed by atoms with Crippen LogP contribution in [-0.4, -0.2) is 23.3 Å². The van der Waals surface area contributed by atoms with Gasteiger partial charge < -0.3 is 5.32 Å². The second kappa shape index (κ2) is 8.74. The summed E-state index contributed by atoms with van der Waals surface area (Å²) in [4.78, 5) is 30.2. The molecule has 4 rings (SSSR count). The average Bonchev–Trinajstić information content (AvgIpc) is 3.36. The first-order chi connectivity index (χ1) is 14.2. The number of rotatable bonds is 6. The van der Waals surface area contributed by atoms with Gasteiger partial charge in [-0.25, -0.2) is 4.98 Å². The quantitative estimate of drug-likeness (QED) is 0.594. The van der Waals surface area contributed by atoms with Crippen LogP contribution in [0.3, 0.4) is 0 Å². The zero-order chi connectivity index (χ0) is 20.1. The van der Waals surface area contributed by atoms with Gasteiger partial charge in [-0.2, -0.15) is 10.2 Å². The SMILES string of the molecule is O=C(Cc1csc(N2CCCC2=O)n1)Nc1ccc(N=Nc2ccccc2)cc1. The highest BCUT2D eigenvalue weighted by Crippen LogP contribution is 2.26. The molecule has 1 fully saturated rings. The van der Waals surface area contributed by atoms with Gasteiger partial charge in [0.1, 0.15) is 0 Å². The van der Waals surface area contributed by atoms with Crippen molar-refractivity contribution in [3.05, 3.63) is 65.7 Å². The Balaban J connectivity index is 1.32. The van der Waals surface area contributed by atoms with E-state index >= 15 is 0 Å². The second-order valence-electron chi connectivity index (χ2n) is 6.58. The normalized spacial score (nSPS) is 13.9. The molecule has 1 aromatic heterocycles. The predicted molar refractivity (Wildman–Crippen MR) is 113 cm³/mol. The Morgan fingerprint density at radius 3 is 2.48 bits per heavy atom. The average molecular weight is 405 g/mol. The molecule has 0 aliphatic carbocycles. The molecule has 1 aliphatic rings. The van der Waals surface area contributed by atoms with Gasteiger partial charge in [0.25, 0.3) is 0 Å². The molecule has 0 unspecified atom stereocenters. The zero-order valence-electron chi connectivity index (χ0n) is 15.6. The van der Waals surface area contributed by atoms with E-state index in [9.17, 15) is 9.59 Å². The molecule has 0 saturated carbocycles. The molecule has 0 bridgehead atoms. The van der Waals surface area contributed by atoms with Crippen LogP contribution in [0.4, 0.5) is 22.2 Å². The number of anilines is 2. The molecule has 2 amide bonds. The summed E-state index contributed by atoms with van der Waals surface area (Å²) in [5, 5.41) is 13.7. The Labute approximate surface area is 172 Å². The van der Waals surface area contributed by atoms with E-state index in [0.29, 0.717) is 35.2 Å². The lowest BCUT2D eigenvalue weighted by atomic mass is 10.2. The van der Waals surface area contributed by atoms with Gasteiger partial charge in [-0.3, -0.25) is 14.5 Å². The fourth-order valence-electron chi connectivity index (χ4n) is 2.94. The lowest BCUT2D eigenvalue weighted by molar-refractivity contribution is -0.117. The minimum Gasteiger partial charge on any atom is -0.326 e. The van der Waals surface area contributed by atoms with Crippen LogP contribution < -0.4 is 10.2 Å². The van der Waals surface area contributed by atoms with Crippen molar-refractivity contribution in [2.75, 3.05) is 16.8 Å². The van der Waals surface area contributed by atoms with E-state index in [4.69, 9.17) is 0 Å². The number of nitrogens with zero attached hydrogens (tertiary/aromatic N) is 4. The molecule has 1 aliphatic heterocycles. The van der Waals surface area contributed by atoms with Gasteiger partial charge in [0.05, 0.1) is 23.5 Å². The van der Waals surface area contributed by atoms with Crippen molar-refractivity contribution in [1.82, 2.24) is 4.98 Å². The Morgan fingerprint density at radius 2 is 1.79 bits per heavy atom. The molecule has 2 aromatic carbocycles. The summed E-state index contributed by atoms with van der Waals surface area (Å²) in [6.07, 6.45) is 1.58. The molecule has 2 heterocycles. The fourth-order valence-corrected chi connectivity index (χ4v) is 3.81. The Bertz CT molecular complexity index is 1030. The summed E-state index contributed by atoms with van der Waals surface area (Å²) in [7, 11) is 0. The van der Waals surface area contributed by atoms with Gasteiger partial charge in [-0.15, -0.1) is 11.3 Å². The first-order valence-corrected chi connectivity index (χ1v) is 10.2. The molecule has 146 valence electrons. The number of hydrogen-bond donors (Lipinski definition) is 1. The summed E-state index contributed by atoms with van der Waals surface area (Å²) in [5.74, 6) is -0.0619. The molecule has 1 saturated heterocycles. The summed E-state index contributed by atoms with van der Waals surface area (Å²) in [6.45, 7) is 0.700. The van der Waals surface area contributed by atoms with Crippen molar-refractivity contribution in [3.8, 4) is 0 Å². The monoisotopic (exact) mass is 405 g/mol. The topological polar surface area (TPSA) is 87.0 Å². The number of aromatic nitrogens is 1. The summed E-state index contributed by atoms with van der Waals surface area (Å²) >= 11 is 1.40. The van der Waals surface area contributed by atoms with Crippen LogP contribution in [0, 0.1) is 0 Å². The first kappa shape index (κ1) is 18.9. The van der Waals surface area contributed by atoms with E-state index in [1.54, 1.807) is 29.2 Å². The minimum atomic E-state index is -0.159. The molecule has 29 heavy (non-hydrogen) atoms. The number of azo groups is 1. The fraction of sp³-hybridized carbons (Fsp3) is 0.190. The van der Waals surface area contributed by atoms with E-state index in [1.165, 1.54) is 11.3 Å². The van der Waals surface area contributed by atoms with Crippen molar-refractivity contribution in [2.24, 2.45) is 10.2 Å². The van der Waals surface area contributed by atoms with E-state index < -0.39 is 0 Å². The van der Waals surface area contributed by atoms with Crippen LogP contribution >= 0.6 is 11.3 Å². The number of hydrogen-bond acceptors (Lipinski definition) is 6. The summed E-state index contributed by atoms with van der Waals surface area (Å²) < 4.78 is 0. The van der Waals surface area contributed by atoms with Gasteiger partial charge >= 0.3 is 0 Å². The van der Waals surface area contributed by atoms with Gasteiger partial charge in [0.15, 0.2) is 5.13 Å². The zero-order valence-corrected chi connectivity index (χ0v) is 16.4. The molecule has 0 atom stereocenters. The Hall–Kier alpha value is -3.39. The minimum absolute atomic E-state index is 0.0971. The Morgan fingerprint density at radius 1 is 1.07 bits per heavy atom. The lowest BCUT2D eigenvalue weighted by Crippen LogP contribution is -2.23. The first-order valence-electron chi connectivity index (χ1n) is 9.29. The number of carbonyl (C=O) groups is 2. The molecular formula is C21H19N5O2S. The standard InChI is InChI=1S/C21H19N5O2S/c27-19(13-18-14-29-21(23-18)26-12-4-7-20(26)28)22-15-8-10-17(11-9-15)25-24-16-5-2-1-3-6-16/h1-3,5-6,8-11,14H,4,7,12-13H2,(H,22,27). The maximum Gasteiger partial charge on any atom is 0.230 e. The number of carbonyl (C=O) groups excluding carboxylic acids is 2.